The van der Waals surface area contributed by atoms with E-state index in [9.17, 15) is 0 Å². The molecule has 48 heavy (non-hydrogen) atoms. The molecular formula is C46H29NS. The molecule has 0 saturated heterocycles. The van der Waals surface area contributed by atoms with Crippen molar-refractivity contribution < 1.29 is 0 Å². The lowest BCUT2D eigenvalue weighted by Gasteiger charge is -2.26. The quantitative estimate of drug-likeness (QED) is 0.176. The van der Waals surface area contributed by atoms with Crippen LogP contribution < -0.4 is 4.90 Å². The first-order valence-corrected chi connectivity index (χ1v) is 17.2. The third-order valence-electron chi connectivity index (χ3n) is 9.78. The highest BCUT2D eigenvalue weighted by molar-refractivity contribution is 7.25. The lowest BCUT2D eigenvalue weighted by atomic mass is 9.94. The number of thiophene rings is 1. The Labute approximate surface area is 282 Å². The molecule has 0 amide bonds. The minimum Gasteiger partial charge on any atom is -0.310 e. The molecule has 10 rings (SSSR count). The van der Waals surface area contributed by atoms with Crippen LogP contribution in [0.15, 0.2) is 176 Å². The van der Waals surface area contributed by atoms with Crippen LogP contribution in [0.4, 0.5) is 17.1 Å². The third-order valence-corrected chi connectivity index (χ3v) is 10.9. The number of benzene rings is 9. The molecule has 0 atom stereocenters. The van der Waals surface area contributed by atoms with Crippen molar-refractivity contribution in [3.05, 3.63) is 176 Å². The number of fused-ring (bicyclic) bond motifs is 9. The largest absolute Gasteiger partial charge is 0.310 e. The zero-order valence-electron chi connectivity index (χ0n) is 26.1. The fourth-order valence-electron chi connectivity index (χ4n) is 7.43. The zero-order chi connectivity index (χ0) is 31.6. The average Bonchev–Trinajstić information content (AvgIpc) is 3.51. The second-order valence-electron chi connectivity index (χ2n) is 12.6. The molecule has 0 aliphatic rings. The average molecular weight is 628 g/mol. The predicted octanol–water partition coefficient (Wildman–Crippen LogP) is 13.8. The Morgan fingerprint density at radius 3 is 1.79 bits per heavy atom. The highest BCUT2D eigenvalue weighted by Crippen LogP contribution is 2.41. The van der Waals surface area contributed by atoms with Crippen molar-refractivity contribution in [3.63, 3.8) is 0 Å². The lowest BCUT2D eigenvalue weighted by molar-refractivity contribution is 1.29. The van der Waals surface area contributed by atoms with E-state index in [-0.39, 0.29) is 0 Å². The molecule has 10 aromatic rings. The van der Waals surface area contributed by atoms with Gasteiger partial charge in [-0.05, 0) is 115 Å². The van der Waals surface area contributed by atoms with Crippen LogP contribution >= 0.6 is 11.3 Å². The van der Waals surface area contributed by atoms with Crippen molar-refractivity contribution in [2.45, 2.75) is 0 Å². The molecule has 2 heteroatoms. The zero-order valence-corrected chi connectivity index (χ0v) is 26.9. The molecule has 0 radical (unpaired) electrons. The van der Waals surface area contributed by atoms with Gasteiger partial charge in [0.2, 0.25) is 0 Å². The van der Waals surface area contributed by atoms with Gasteiger partial charge >= 0.3 is 0 Å². The second-order valence-corrected chi connectivity index (χ2v) is 13.7. The van der Waals surface area contributed by atoms with Gasteiger partial charge in [-0.15, -0.1) is 11.3 Å². The Hall–Kier alpha value is -5.96. The molecule has 1 aromatic heterocycles. The molecule has 0 fully saturated rings. The molecule has 0 bridgehead atoms. The van der Waals surface area contributed by atoms with E-state index < -0.39 is 0 Å². The van der Waals surface area contributed by atoms with Crippen LogP contribution in [-0.4, -0.2) is 0 Å². The number of anilines is 3. The van der Waals surface area contributed by atoms with Gasteiger partial charge in [-0.25, -0.2) is 0 Å². The highest BCUT2D eigenvalue weighted by atomic mass is 32.1. The van der Waals surface area contributed by atoms with Gasteiger partial charge in [-0.1, -0.05) is 115 Å². The van der Waals surface area contributed by atoms with Crippen LogP contribution in [0.1, 0.15) is 0 Å². The van der Waals surface area contributed by atoms with E-state index >= 15 is 0 Å². The van der Waals surface area contributed by atoms with Gasteiger partial charge < -0.3 is 4.90 Å². The monoisotopic (exact) mass is 627 g/mol. The van der Waals surface area contributed by atoms with Gasteiger partial charge in [0, 0.05) is 37.2 Å². The maximum Gasteiger partial charge on any atom is 0.0468 e. The third kappa shape index (κ3) is 4.38. The predicted molar refractivity (Wildman–Crippen MR) is 209 cm³/mol. The second kappa shape index (κ2) is 10.8. The first kappa shape index (κ1) is 27.2. The van der Waals surface area contributed by atoms with Gasteiger partial charge in [-0.3, -0.25) is 0 Å². The van der Waals surface area contributed by atoms with Crippen molar-refractivity contribution in [1.82, 2.24) is 0 Å². The van der Waals surface area contributed by atoms with E-state index in [2.05, 4.69) is 181 Å². The summed E-state index contributed by atoms with van der Waals surface area (Å²) in [6.07, 6.45) is 0. The van der Waals surface area contributed by atoms with Crippen molar-refractivity contribution in [2.75, 3.05) is 4.90 Å². The van der Waals surface area contributed by atoms with Crippen molar-refractivity contribution in [1.29, 1.82) is 0 Å². The summed E-state index contributed by atoms with van der Waals surface area (Å²) < 4.78 is 2.66. The molecule has 0 spiro atoms. The topological polar surface area (TPSA) is 3.24 Å². The van der Waals surface area contributed by atoms with E-state index in [1.54, 1.807) is 0 Å². The summed E-state index contributed by atoms with van der Waals surface area (Å²) >= 11 is 1.87. The Kier molecular flexibility index (Phi) is 6.12. The van der Waals surface area contributed by atoms with E-state index in [1.165, 1.54) is 74.4 Å². The summed E-state index contributed by atoms with van der Waals surface area (Å²) in [4.78, 5) is 2.36. The van der Waals surface area contributed by atoms with E-state index in [0.29, 0.717) is 0 Å². The van der Waals surface area contributed by atoms with Crippen LogP contribution in [0.3, 0.4) is 0 Å². The fraction of sp³-hybridized carbons (Fsp3) is 0. The maximum absolute atomic E-state index is 2.37. The summed E-state index contributed by atoms with van der Waals surface area (Å²) in [6, 6.07) is 64.5. The minimum atomic E-state index is 1.13. The molecule has 0 unspecified atom stereocenters. The van der Waals surface area contributed by atoms with Crippen LogP contribution in [0, 0.1) is 0 Å². The fourth-order valence-corrected chi connectivity index (χ4v) is 8.56. The number of rotatable bonds is 4. The smallest absolute Gasteiger partial charge is 0.0468 e. The molecule has 0 aliphatic heterocycles. The highest BCUT2D eigenvalue weighted by Gasteiger charge is 2.15. The Morgan fingerprint density at radius 2 is 0.938 bits per heavy atom. The normalized spacial score (nSPS) is 11.8. The summed E-state index contributed by atoms with van der Waals surface area (Å²) in [5, 5.41) is 12.9. The number of hydrogen-bond acceptors (Lipinski definition) is 2. The SMILES string of the molecule is c1ccc(N(c2ccc(-c3ccc4ccc5ccc6ccccc6c5c4c3)cc2)c2ccc3cc4c(cc3c2)sc2ccccc24)cc1. The van der Waals surface area contributed by atoms with Crippen LogP contribution in [-0.2, 0) is 0 Å². The Balaban J connectivity index is 1.08. The van der Waals surface area contributed by atoms with Gasteiger partial charge in [-0.2, -0.15) is 0 Å². The summed E-state index contributed by atoms with van der Waals surface area (Å²) in [5.41, 5.74) is 5.84. The van der Waals surface area contributed by atoms with Crippen LogP contribution in [0.25, 0.3) is 74.4 Å². The van der Waals surface area contributed by atoms with Crippen LogP contribution in [0.2, 0.25) is 0 Å². The van der Waals surface area contributed by atoms with Crippen molar-refractivity contribution in [3.8, 4) is 11.1 Å². The Morgan fingerprint density at radius 1 is 0.312 bits per heavy atom. The standard InChI is InChI=1S/C46H29NS/c1-2-9-37(10-3-1)47(39-25-22-35-28-43-41-12-6-7-13-44(41)48-45(43)29-36(35)26-39)38-23-20-30(21-24-38)34-19-16-32-15-18-33-17-14-31-8-4-5-11-40(31)46(33)42(32)27-34/h1-29H. The summed E-state index contributed by atoms with van der Waals surface area (Å²) in [6.45, 7) is 0. The van der Waals surface area contributed by atoms with Crippen molar-refractivity contribution >= 4 is 91.7 Å². The van der Waals surface area contributed by atoms with Gasteiger partial charge in [0.05, 0.1) is 0 Å². The lowest BCUT2D eigenvalue weighted by Crippen LogP contribution is -2.09. The molecule has 1 heterocycles. The van der Waals surface area contributed by atoms with E-state index in [0.717, 1.165) is 17.1 Å². The molecule has 0 aliphatic carbocycles. The molecule has 9 aromatic carbocycles. The molecule has 224 valence electrons. The molecule has 0 saturated carbocycles. The minimum absolute atomic E-state index is 1.13. The molecule has 1 nitrogen and oxygen atoms in total. The van der Waals surface area contributed by atoms with Crippen molar-refractivity contribution in [2.24, 2.45) is 0 Å². The first-order chi connectivity index (χ1) is 23.8. The first-order valence-electron chi connectivity index (χ1n) is 16.4. The number of hydrogen-bond donors (Lipinski definition) is 0. The van der Waals surface area contributed by atoms with Crippen LogP contribution in [0.5, 0.6) is 0 Å². The number of nitrogens with zero attached hydrogens (tertiary/aromatic N) is 1. The summed E-state index contributed by atoms with van der Waals surface area (Å²) in [5.74, 6) is 0. The van der Waals surface area contributed by atoms with Gasteiger partial charge in [0.25, 0.3) is 0 Å². The van der Waals surface area contributed by atoms with Gasteiger partial charge in [0.1, 0.15) is 0 Å². The maximum atomic E-state index is 2.37. The van der Waals surface area contributed by atoms with E-state index in [4.69, 9.17) is 0 Å². The molecular weight excluding hydrogens is 599 g/mol. The summed E-state index contributed by atoms with van der Waals surface area (Å²) in [7, 11) is 0. The Bertz CT molecular complexity index is 2820. The number of para-hydroxylation sites is 1. The molecule has 0 N–H and O–H groups in total. The van der Waals surface area contributed by atoms with E-state index in [1.807, 2.05) is 11.3 Å². The van der Waals surface area contributed by atoms with Gasteiger partial charge in [0.15, 0.2) is 0 Å².